The van der Waals surface area contributed by atoms with Gasteiger partial charge in [0.2, 0.25) is 0 Å². The molecule has 0 aromatic heterocycles. The first-order valence-electron chi connectivity index (χ1n) is 9.19. The van der Waals surface area contributed by atoms with Crippen molar-refractivity contribution in [2.24, 2.45) is 4.99 Å². The zero-order valence-electron chi connectivity index (χ0n) is 15.6. The van der Waals surface area contributed by atoms with Crippen molar-refractivity contribution in [1.82, 2.24) is 15.5 Å². The largest absolute Gasteiger partial charge is 0.497 e. The highest BCUT2D eigenvalue weighted by Crippen LogP contribution is 2.11. The molecule has 6 heteroatoms. The Morgan fingerprint density at radius 3 is 2.52 bits per heavy atom. The summed E-state index contributed by atoms with van der Waals surface area (Å²) in [7, 11) is 1.69. The Hall–Kier alpha value is -1.02. The first kappa shape index (κ1) is 22.0. The van der Waals surface area contributed by atoms with Gasteiger partial charge in [0.1, 0.15) is 5.75 Å². The maximum absolute atomic E-state index is 5.19. The summed E-state index contributed by atoms with van der Waals surface area (Å²) in [4.78, 5) is 7.22. The molecule has 0 unspecified atom stereocenters. The number of methoxy groups -OCH3 is 1. The Bertz CT molecular complexity index is 487. The Kier molecular flexibility index (Phi) is 11.6. The molecule has 1 aliphatic heterocycles. The number of nitrogens with zero attached hydrogens (tertiary/aromatic N) is 2. The van der Waals surface area contributed by atoms with Gasteiger partial charge in [0, 0.05) is 19.6 Å². The third kappa shape index (κ3) is 8.76. The fraction of sp³-hybridized carbons (Fsp3) is 0.632. The van der Waals surface area contributed by atoms with E-state index in [2.05, 4.69) is 39.6 Å². The number of guanidine groups is 1. The molecule has 142 valence electrons. The molecule has 0 amide bonds. The molecule has 25 heavy (non-hydrogen) atoms. The normalized spacial score (nSPS) is 14.9. The van der Waals surface area contributed by atoms with Crippen LogP contribution in [0, 0.1) is 0 Å². The van der Waals surface area contributed by atoms with Crippen molar-refractivity contribution >= 4 is 29.9 Å². The minimum absolute atomic E-state index is 0. The van der Waals surface area contributed by atoms with Crippen molar-refractivity contribution in [1.29, 1.82) is 0 Å². The van der Waals surface area contributed by atoms with Crippen molar-refractivity contribution in [2.75, 3.05) is 46.4 Å². The second-order valence-electron chi connectivity index (χ2n) is 6.19. The molecule has 1 aromatic rings. The fourth-order valence-electron chi connectivity index (χ4n) is 2.95. The summed E-state index contributed by atoms with van der Waals surface area (Å²) in [6, 6.07) is 8.24. The van der Waals surface area contributed by atoms with E-state index in [4.69, 9.17) is 4.74 Å². The van der Waals surface area contributed by atoms with Crippen molar-refractivity contribution in [2.45, 2.75) is 32.6 Å². The number of aliphatic imine (C=N–C) groups is 1. The van der Waals surface area contributed by atoms with Crippen LogP contribution in [0.2, 0.25) is 0 Å². The van der Waals surface area contributed by atoms with E-state index < -0.39 is 0 Å². The summed E-state index contributed by atoms with van der Waals surface area (Å²) in [6.07, 6.45) is 4.83. The van der Waals surface area contributed by atoms with Crippen LogP contribution in [0.25, 0.3) is 0 Å². The summed E-state index contributed by atoms with van der Waals surface area (Å²) in [6.45, 7) is 8.46. The highest BCUT2D eigenvalue weighted by atomic mass is 127. The van der Waals surface area contributed by atoms with Crippen LogP contribution in [-0.2, 0) is 6.42 Å². The van der Waals surface area contributed by atoms with Gasteiger partial charge in [-0.1, -0.05) is 12.1 Å². The van der Waals surface area contributed by atoms with Gasteiger partial charge in [-0.05, 0) is 69.9 Å². The van der Waals surface area contributed by atoms with Crippen molar-refractivity contribution in [3.63, 3.8) is 0 Å². The zero-order chi connectivity index (χ0) is 17.0. The lowest BCUT2D eigenvalue weighted by atomic mass is 10.1. The minimum Gasteiger partial charge on any atom is -0.497 e. The number of hydrogen-bond donors (Lipinski definition) is 2. The Morgan fingerprint density at radius 2 is 1.88 bits per heavy atom. The number of rotatable bonds is 9. The lowest BCUT2D eigenvalue weighted by molar-refractivity contribution is 0.336. The smallest absolute Gasteiger partial charge is 0.191 e. The van der Waals surface area contributed by atoms with Crippen LogP contribution in [0.3, 0.4) is 0 Å². The van der Waals surface area contributed by atoms with E-state index in [0.29, 0.717) is 0 Å². The number of halogens is 1. The predicted octanol–water partition coefficient (Wildman–Crippen LogP) is 2.90. The number of benzene rings is 1. The second-order valence-corrected chi connectivity index (χ2v) is 6.19. The summed E-state index contributed by atoms with van der Waals surface area (Å²) in [5.74, 6) is 1.83. The molecule has 0 atom stereocenters. The molecular formula is C19H33IN4O. The average molecular weight is 460 g/mol. The molecule has 1 fully saturated rings. The highest BCUT2D eigenvalue weighted by Gasteiger charge is 2.09. The maximum Gasteiger partial charge on any atom is 0.191 e. The molecule has 1 heterocycles. The third-order valence-electron chi connectivity index (χ3n) is 4.31. The minimum atomic E-state index is 0. The van der Waals surface area contributed by atoms with Gasteiger partial charge in [-0.2, -0.15) is 0 Å². The molecular weight excluding hydrogens is 427 g/mol. The molecule has 0 radical (unpaired) electrons. The van der Waals surface area contributed by atoms with Gasteiger partial charge < -0.3 is 20.3 Å². The van der Waals surface area contributed by atoms with E-state index in [1.165, 1.54) is 38.0 Å². The Labute approximate surface area is 169 Å². The lowest BCUT2D eigenvalue weighted by Crippen LogP contribution is -2.38. The molecule has 2 rings (SSSR count). The van der Waals surface area contributed by atoms with Crippen LogP contribution in [0.5, 0.6) is 5.75 Å². The quantitative estimate of drug-likeness (QED) is 0.258. The number of ether oxygens (including phenoxy) is 1. The van der Waals surface area contributed by atoms with Crippen LogP contribution < -0.4 is 15.4 Å². The van der Waals surface area contributed by atoms with Gasteiger partial charge in [0.15, 0.2) is 5.96 Å². The molecule has 5 nitrogen and oxygen atoms in total. The molecule has 0 saturated carbocycles. The summed E-state index contributed by atoms with van der Waals surface area (Å²) in [5.41, 5.74) is 1.30. The third-order valence-corrected chi connectivity index (χ3v) is 4.31. The first-order valence-corrected chi connectivity index (χ1v) is 9.19. The van der Waals surface area contributed by atoms with E-state index in [0.717, 1.165) is 44.2 Å². The van der Waals surface area contributed by atoms with Crippen molar-refractivity contribution in [3.05, 3.63) is 29.8 Å². The molecule has 2 N–H and O–H groups in total. The number of hydrogen-bond acceptors (Lipinski definition) is 3. The summed E-state index contributed by atoms with van der Waals surface area (Å²) in [5, 5.41) is 6.74. The van der Waals surface area contributed by atoms with Gasteiger partial charge in [-0.3, -0.25) is 4.99 Å². The monoisotopic (exact) mass is 460 g/mol. The van der Waals surface area contributed by atoms with E-state index in [9.17, 15) is 0 Å². The summed E-state index contributed by atoms with van der Waals surface area (Å²) >= 11 is 0. The molecule has 0 aliphatic carbocycles. The predicted molar refractivity (Wildman–Crippen MR) is 116 cm³/mol. The topological polar surface area (TPSA) is 48.9 Å². The van der Waals surface area contributed by atoms with E-state index >= 15 is 0 Å². The first-order chi connectivity index (χ1) is 11.8. The zero-order valence-corrected chi connectivity index (χ0v) is 17.9. The second kappa shape index (κ2) is 13.2. The average Bonchev–Trinajstić information content (AvgIpc) is 3.12. The van der Waals surface area contributed by atoms with Gasteiger partial charge in [0.05, 0.1) is 7.11 Å². The van der Waals surface area contributed by atoms with Crippen LogP contribution in [-0.4, -0.2) is 57.2 Å². The van der Waals surface area contributed by atoms with Crippen LogP contribution in [0.15, 0.2) is 29.3 Å². The summed E-state index contributed by atoms with van der Waals surface area (Å²) < 4.78 is 5.19. The molecule has 0 bridgehead atoms. The van der Waals surface area contributed by atoms with Gasteiger partial charge in [0.25, 0.3) is 0 Å². The van der Waals surface area contributed by atoms with Crippen molar-refractivity contribution < 1.29 is 4.74 Å². The lowest BCUT2D eigenvalue weighted by Gasteiger charge is -2.14. The number of nitrogens with one attached hydrogen (secondary N) is 2. The van der Waals surface area contributed by atoms with Gasteiger partial charge in [-0.15, -0.1) is 24.0 Å². The van der Waals surface area contributed by atoms with E-state index in [1.807, 2.05) is 12.1 Å². The maximum atomic E-state index is 5.19. The molecule has 1 saturated heterocycles. The Morgan fingerprint density at radius 1 is 1.16 bits per heavy atom. The highest BCUT2D eigenvalue weighted by molar-refractivity contribution is 14.0. The standard InChI is InChI=1S/C19H32N4O.HI/c1-3-20-19(21-12-6-16-23-14-4-5-15-23)22-13-11-17-7-9-18(24-2)10-8-17;/h7-10H,3-6,11-16H2,1-2H3,(H2,20,21,22);1H. The fourth-order valence-corrected chi connectivity index (χ4v) is 2.95. The van der Waals surface area contributed by atoms with E-state index in [-0.39, 0.29) is 24.0 Å². The van der Waals surface area contributed by atoms with Crippen LogP contribution >= 0.6 is 24.0 Å². The van der Waals surface area contributed by atoms with Crippen LogP contribution in [0.1, 0.15) is 31.7 Å². The van der Waals surface area contributed by atoms with Gasteiger partial charge in [-0.25, -0.2) is 0 Å². The molecule has 1 aromatic carbocycles. The SMILES string of the molecule is CCNC(=NCCCN1CCCC1)NCCc1ccc(OC)cc1.I. The molecule has 0 spiro atoms. The van der Waals surface area contributed by atoms with Gasteiger partial charge >= 0.3 is 0 Å². The van der Waals surface area contributed by atoms with Crippen LogP contribution in [0.4, 0.5) is 0 Å². The molecule has 1 aliphatic rings. The number of likely N-dealkylation sites (tertiary alicyclic amines) is 1. The van der Waals surface area contributed by atoms with E-state index in [1.54, 1.807) is 7.11 Å². The Balaban J connectivity index is 0.00000312. The van der Waals surface area contributed by atoms with Crippen molar-refractivity contribution in [3.8, 4) is 5.75 Å².